The van der Waals surface area contributed by atoms with Crippen molar-refractivity contribution in [2.45, 2.75) is 32.1 Å². The summed E-state index contributed by atoms with van der Waals surface area (Å²) < 4.78 is 13.4. The highest BCUT2D eigenvalue weighted by Crippen LogP contribution is 2.65. The number of carbonyl (C=O) groups is 1. The van der Waals surface area contributed by atoms with Crippen molar-refractivity contribution in [2.24, 2.45) is 29.1 Å². The van der Waals surface area contributed by atoms with Crippen LogP contribution in [-0.2, 0) is 0 Å². The van der Waals surface area contributed by atoms with Crippen molar-refractivity contribution in [3.05, 3.63) is 24.0 Å². The van der Waals surface area contributed by atoms with Crippen molar-refractivity contribution in [2.75, 3.05) is 44.3 Å². The number of nitrogen functional groups attached to an aromatic ring is 1. The molecule has 0 spiro atoms. The number of hydrogen-bond donors (Lipinski definition) is 2. The van der Waals surface area contributed by atoms with E-state index in [4.69, 9.17) is 5.73 Å². The topological polar surface area (TPSA) is 61.6 Å². The van der Waals surface area contributed by atoms with E-state index in [1.54, 1.807) is 4.90 Å². The number of benzene rings is 1. The highest BCUT2D eigenvalue weighted by molar-refractivity contribution is 5.93. The van der Waals surface area contributed by atoms with Crippen LogP contribution in [0.5, 0.6) is 0 Å². The summed E-state index contributed by atoms with van der Waals surface area (Å²) in [4.78, 5) is 16.7. The molecule has 4 bridgehead atoms. The Morgan fingerprint density at radius 1 is 1.29 bits per heavy atom. The first kappa shape index (κ1) is 18.2. The van der Waals surface area contributed by atoms with Gasteiger partial charge in [-0.15, -0.1) is 0 Å². The van der Waals surface area contributed by atoms with Gasteiger partial charge in [-0.1, -0.05) is 0 Å². The molecule has 152 valence electrons. The molecule has 2 amide bonds. The molecule has 6 heteroatoms. The second-order valence-electron chi connectivity index (χ2n) is 10.0. The van der Waals surface area contributed by atoms with Crippen LogP contribution in [0.3, 0.4) is 0 Å². The SMILES string of the molecule is CN(CC1CN(C(=O)Nc2cc(F)ccc2N)C1)CC12CC3CC(CC1C3)C2. The molecule has 1 aromatic rings. The molecule has 4 aliphatic carbocycles. The standard InChI is InChI=1S/C22H31FN4O/c1-26(13-22-8-14-4-15(9-22)6-17(22)5-14)10-16-11-27(12-16)21(28)25-20-7-18(23)2-3-19(20)24/h2-3,7,14-17H,4-6,8-13,24H2,1H3,(H,25,28). The van der Waals surface area contributed by atoms with Crippen molar-refractivity contribution in [3.63, 3.8) is 0 Å². The van der Waals surface area contributed by atoms with Gasteiger partial charge in [0.1, 0.15) is 5.82 Å². The fourth-order valence-electron chi connectivity index (χ4n) is 6.95. The Hall–Kier alpha value is -1.82. The van der Waals surface area contributed by atoms with Crippen LogP contribution in [0, 0.1) is 34.9 Å². The van der Waals surface area contributed by atoms with E-state index in [2.05, 4.69) is 17.3 Å². The van der Waals surface area contributed by atoms with Gasteiger partial charge in [0.15, 0.2) is 0 Å². The molecule has 1 saturated heterocycles. The first-order chi connectivity index (χ1) is 13.4. The Morgan fingerprint density at radius 2 is 2.00 bits per heavy atom. The predicted octanol–water partition coefficient (Wildman–Crippen LogP) is 3.63. The average molecular weight is 387 g/mol. The smallest absolute Gasteiger partial charge is 0.321 e. The van der Waals surface area contributed by atoms with Gasteiger partial charge >= 0.3 is 6.03 Å². The lowest BCUT2D eigenvalue weighted by Gasteiger charge is -2.43. The van der Waals surface area contributed by atoms with E-state index >= 15 is 0 Å². The van der Waals surface area contributed by atoms with Gasteiger partial charge in [0, 0.05) is 32.1 Å². The maximum Gasteiger partial charge on any atom is 0.321 e. The number of nitrogens with zero attached hydrogens (tertiary/aromatic N) is 2. The minimum Gasteiger partial charge on any atom is -0.397 e. The molecule has 2 unspecified atom stereocenters. The number of anilines is 2. The summed E-state index contributed by atoms with van der Waals surface area (Å²) in [6, 6.07) is 3.84. The third-order valence-electron chi connectivity index (χ3n) is 7.81. The summed E-state index contributed by atoms with van der Waals surface area (Å²) in [6.45, 7) is 3.79. The van der Waals surface area contributed by atoms with Gasteiger partial charge in [-0.3, -0.25) is 0 Å². The minimum atomic E-state index is -0.401. The monoisotopic (exact) mass is 386 g/mol. The maximum atomic E-state index is 13.4. The summed E-state index contributed by atoms with van der Waals surface area (Å²) in [5, 5.41) is 2.73. The molecule has 0 radical (unpaired) electrons. The van der Waals surface area contributed by atoms with Gasteiger partial charge in [0.25, 0.3) is 0 Å². The van der Waals surface area contributed by atoms with Gasteiger partial charge in [0.2, 0.25) is 0 Å². The fourth-order valence-corrected chi connectivity index (χ4v) is 6.95. The molecular weight excluding hydrogens is 355 g/mol. The number of carbonyl (C=O) groups excluding carboxylic acids is 1. The van der Waals surface area contributed by atoms with Gasteiger partial charge in [-0.2, -0.15) is 0 Å². The van der Waals surface area contributed by atoms with E-state index in [0.717, 1.165) is 37.4 Å². The third-order valence-corrected chi connectivity index (χ3v) is 7.81. The van der Waals surface area contributed by atoms with E-state index in [9.17, 15) is 9.18 Å². The number of likely N-dealkylation sites (tertiary alicyclic amines) is 1. The van der Waals surface area contributed by atoms with Crippen molar-refractivity contribution < 1.29 is 9.18 Å². The number of nitrogens with one attached hydrogen (secondary N) is 1. The quantitative estimate of drug-likeness (QED) is 0.760. The van der Waals surface area contributed by atoms with Gasteiger partial charge in [-0.25, -0.2) is 9.18 Å². The van der Waals surface area contributed by atoms with Crippen molar-refractivity contribution >= 4 is 17.4 Å². The predicted molar refractivity (Wildman–Crippen MR) is 108 cm³/mol. The second kappa shape index (κ2) is 6.61. The van der Waals surface area contributed by atoms with Crippen LogP contribution < -0.4 is 11.1 Å². The Balaban J connectivity index is 1.10. The minimum absolute atomic E-state index is 0.193. The van der Waals surface area contributed by atoms with Gasteiger partial charge < -0.3 is 20.9 Å². The zero-order chi connectivity index (χ0) is 19.5. The van der Waals surface area contributed by atoms with E-state index in [1.165, 1.54) is 56.8 Å². The molecule has 6 rings (SSSR count). The molecule has 1 aromatic carbocycles. The molecule has 2 atom stereocenters. The Bertz CT molecular complexity index is 764. The summed E-state index contributed by atoms with van der Waals surface area (Å²) in [5.41, 5.74) is 7.14. The Labute approximate surface area is 166 Å². The van der Waals surface area contributed by atoms with Crippen LogP contribution in [0.2, 0.25) is 0 Å². The van der Waals surface area contributed by atoms with Crippen LogP contribution in [0.15, 0.2) is 18.2 Å². The number of nitrogens with two attached hydrogens (primary N) is 1. The first-order valence-corrected chi connectivity index (χ1v) is 10.7. The third kappa shape index (κ3) is 3.15. The summed E-state index contributed by atoms with van der Waals surface area (Å²) in [7, 11) is 2.25. The molecule has 5 nitrogen and oxygen atoms in total. The number of hydrogen-bond acceptors (Lipinski definition) is 3. The lowest BCUT2D eigenvalue weighted by atomic mass is 9.75. The van der Waals surface area contributed by atoms with Crippen molar-refractivity contribution in [3.8, 4) is 0 Å². The molecule has 4 saturated carbocycles. The van der Waals surface area contributed by atoms with Crippen LogP contribution in [0.4, 0.5) is 20.6 Å². The summed E-state index contributed by atoms with van der Waals surface area (Å²) >= 11 is 0. The van der Waals surface area contributed by atoms with E-state index in [0.29, 0.717) is 22.7 Å². The highest BCUT2D eigenvalue weighted by atomic mass is 19.1. The number of urea groups is 1. The largest absolute Gasteiger partial charge is 0.397 e. The molecule has 1 heterocycles. The molecule has 1 aliphatic heterocycles. The Morgan fingerprint density at radius 3 is 2.71 bits per heavy atom. The molecule has 0 aromatic heterocycles. The number of rotatable bonds is 5. The van der Waals surface area contributed by atoms with Crippen molar-refractivity contribution in [1.29, 1.82) is 0 Å². The lowest BCUT2D eigenvalue weighted by Crippen LogP contribution is -2.55. The zero-order valence-corrected chi connectivity index (χ0v) is 16.7. The molecule has 5 fully saturated rings. The fraction of sp³-hybridized carbons (Fsp3) is 0.682. The highest BCUT2D eigenvalue weighted by Gasteiger charge is 2.57. The number of halogens is 1. The molecule has 28 heavy (non-hydrogen) atoms. The van der Waals surface area contributed by atoms with Crippen LogP contribution in [0.25, 0.3) is 0 Å². The average Bonchev–Trinajstić information content (AvgIpc) is 2.97. The molecule has 3 N–H and O–H groups in total. The van der Waals surface area contributed by atoms with Crippen molar-refractivity contribution in [1.82, 2.24) is 9.80 Å². The van der Waals surface area contributed by atoms with Gasteiger partial charge in [0.05, 0.1) is 11.4 Å². The van der Waals surface area contributed by atoms with Gasteiger partial charge in [-0.05, 0) is 80.5 Å². The lowest BCUT2D eigenvalue weighted by molar-refractivity contribution is 0.0735. The molecule has 5 aliphatic rings. The van der Waals surface area contributed by atoms with E-state index in [1.807, 2.05) is 0 Å². The number of amides is 2. The van der Waals surface area contributed by atoms with E-state index < -0.39 is 5.82 Å². The summed E-state index contributed by atoms with van der Waals surface area (Å²) in [6.07, 6.45) is 7.35. The maximum absolute atomic E-state index is 13.4. The Kier molecular flexibility index (Phi) is 4.30. The molecular formula is C22H31FN4O. The first-order valence-electron chi connectivity index (χ1n) is 10.7. The second-order valence-corrected chi connectivity index (χ2v) is 10.0. The van der Waals surface area contributed by atoms with Crippen LogP contribution >= 0.6 is 0 Å². The van der Waals surface area contributed by atoms with Crippen LogP contribution in [0.1, 0.15) is 32.1 Å². The zero-order valence-electron chi connectivity index (χ0n) is 16.7. The summed E-state index contributed by atoms with van der Waals surface area (Å²) in [5.74, 6) is 3.10. The van der Waals surface area contributed by atoms with Crippen LogP contribution in [-0.4, -0.2) is 49.1 Å². The normalized spacial score (nSPS) is 33.5. The van der Waals surface area contributed by atoms with E-state index in [-0.39, 0.29) is 6.03 Å².